The number of hydrogen-bond donors (Lipinski definition) is 2. The molecule has 0 spiro atoms. The first kappa shape index (κ1) is 14.4. The van der Waals surface area contributed by atoms with Crippen LogP contribution in [0.25, 0.3) is 11.3 Å². The Morgan fingerprint density at radius 3 is 2.55 bits per heavy atom. The van der Waals surface area contributed by atoms with Crippen molar-refractivity contribution in [2.75, 3.05) is 12.0 Å². The standard InChI is InChI=1S/C15H20N4O/c1-3-13(20-4-2)15-17-12(10-14(18-15)19-16)11-8-6-5-7-9-11/h5-10,13H,3-4,16H2,1-2H3,(H,17,18,19). The van der Waals surface area contributed by atoms with Crippen LogP contribution in [0.5, 0.6) is 0 Å². The van der Waals surface area contributed by atoms with E-state index in [-0.39, 0.29) is 6.10 Å². The molecule has 0 aliphatic rings. The minimum atomic E-state index is -0.115. The summed E-state index contributed by atoms with van der Waals surface area (Å²) in [5.74, 6) is 6.75. The Hall–Kier alpha value is -1.98. The number of hydrazine groups is 1. The van der Waals surface area contributed by atoms with Crippen LogP contribution in [0.15, 0.2) is 36.4 Å². The topological polar surface area (TPSA) is 73.1 Å². The first-order valence-corrected chi connectivity index (χ1v) is 6.81. The van der Waals surface area contributed by atoms with Gasteiger partial charge in [0.05, 0.1) is 5.69 Å². The summed E-state index contributed by atoms with van der Waals surface area (Å²) in [4.78, 5) is 9.00. The normalized spacial score (nSPS) is 12.2. The molecule has 0 aliphatic heterocycles. The van der Waals surface area contributed by atoms with Gasteiger partial charge in [-0.2, -0.15) is 0 Å². The average molecular weight is 272 g/mol. The molecule has 1 heterocycles. The largest absolute Gasteiger partial charge is 0.371 e. The van der Waals surface area contributed by atoms with Gasteiger partial charge >= 0.3 is 0 Å². The molecular formula is C15H20N4O. The Balaban J connectivity index is 2.43. The number of rotatable bonds is 6. The van der Waals surface area contributed by atoms with E-state index >= 15 is 0 Å². The van der Waals surface area contributed by atoms with E-state index in [9.17, 15) is 0 Å². The SMILES string of the molecule is CCOC(CC)c1nc(NN)cc(-c2ccccc2)n1. The third-order valence-corrected chi connectivity index (χ3v) is 2.99. The molecule has 0 fully saturated rings. The molecule has 1 atom stereocenters. The van der Waals surface area contributed by atoms with Gasteiger partial charge in [0.15, 0.2) is 5.82 Å². The zero-order valence-corrected chi connectivity index (χ0v) is 11.8. The van der Waals surface area contributed by atoms with Crippen LogP contribution >= 0.6 is 0 Å². The second kappa shape index (κ2) is 6.98. The Labute approximate surface area is 119 Å². The molecule has 3 N–H and O–H groups in total. The van der Waals surface area contributed by atoms with Crippen molar-refractivity contribution in [3.8, 4) is 11.3 Å². The minimum Gasteiger partial charge on any atom is -0.371 e. The van der Waals surface area contributed by atoms with Gasteiger partial charge in [-0.25, -0.2) is 15.8 Å². The fourth-order valence-corrected chi connectivity index (χ4v) is 2.02. The Kier molecular flexibility index (Phi) is 5.03. The maximum absolute atomic E-state index is 5.67. The number of anilines is 1. The van der Waals surface area contributed by atoms with Gasteiger partial charge < -0.3 is 10.2 Å². The van der Waals surface area contributed by atoms with Crippen molar-refractivity contribution in [1.82, 2.24) is 9.97 Å². The highest BCUT2D eigenvalue weighted by molar-refractivity contribution is 5.62. The minimum absolute atomic E-state index is 0.115. The van der Waals surface area contributed by atoms with Crippen molar-refractivity contribution >= 4 is 5.82 Å². The fraction of sp³-hybridized carbons (Fsp3) is 0.333. The molecule has 2 rings (SSSR count). The van der Waals surface area contributed by atoms with E-state index < -0.39 is 0 Å². The van der Waals surface area contributed by atoms with E-state index in [1.54, 1.807) is 0 Å². The average Bonchev–Trinajstić information content (AvgIpc) is 2.53. The van der Waals surface area contributed by atoms with Gasteiger partial charge in [-0.05, 0) is 13.3 Å². The third kappa shape index (κ3) is 3.31. The molecule has 0 radical (unpaired) electrons. The molecule has 1 unspecified atom stereocenters. The van der Waals surface area contributed by atoms with E-state index in [2.05, 4.69) is 22.3 Å². The van der Waals surface area contributed by atoms with Gasteiger partial charge in [0.2, 0.25) is 0 Å². The maximum Gasteiger partial charge on any atom is 0.160 e. The van der Waals surface area contributed by atoms with Crippen LogP contribution in [0.3, 0.4) is 0 Å². The highest BCUT2D eigenvalue weighted by atomic mass is 16.5. The highest BCUT2D eigenvalue weighted by Crippen LogP contribution is 2.24. The zero-order valence-electron chi connectivity index (χ0n) is 11.8. The Bertz CT molecular complexity index is 545. The molecule has 1 aromatic carbocycles. The molecule has 5 nitrogen and oxygen atoms in total. The lowest BCUT2D eigenvalue weighted by atomic mass is 10.1. The number of nitrogens with zero attached hydrogens (tertiary/aromatic N) is 2. The van der Waals surface area contributed by atoms with Crippen LogP contribution in [0.2, 0.25) is 0 Å². The summed E-state index contributed by atoms with van der Waals surface area (Å²) in [7, 11) is 0. The molecule has 2 aromatic rings. The second-order valence-electron chi connectivity index (χ2n) is 4.36. The van der Waals surface area contributed by atoms with Gasteiger partial charge in [-0.15, -0.1) is 0 Å². The van der Waals surface area contributed by atoms with Crippen molar-refractivity contribution in [1.29, 1.82) is 0 Å². The van der Waals surface area contributed by atoms with Crippen LogP contribution in [0, 0.1) is 0 Å². The lowest BCUT2D eigenvalue weighted by Crippen LogP contribution is -2.14. The lowest BCUT2D eigenvalue weighted by molar-refractivity contribution is 0.0536. The first-order valence-electron chi connectivity index (χ1n) is 6.81. The van der Waals surface area contributed by atoms with Crippen molar-refractivity contribution in [3.05, 3.63) is 42.2 Å². The van der Waals surface area contributed by atoms with Crippen LogP contribution in [0.1, 0.15) is 32.2 Å². The fourth-order valence-electron chi connectivity index (χ4n) is 2.02. The van der Waals surface area contributed by atoms with E-state index in [1.807, 2.05) is 43.3 Å². The molecule has 0 bridgehead atoms. The van der Waals surface area contributed by atoms with Gasteiger partial charge in [-0.1, -0.05) is 37.3 Å². The van der Waals surface area contributed by atoms with E-state index in [1.165, 1.54) is 0 Å². The van der Waals surface area contributed by atoms with Gasteiger partial charge in [0, 0.05) is 18.2 Å². The molecule has 20 heavy (non-hydrogen) atoms. The summed E-state index contributed by atoms with van der Waals surface area (Å²) in [5.41, 5.74) is 4.45. The molecule has 5 heteroatoms. The van der Waals surface area contributed by atoms with Gasteiger partial charge in [-0.3, -0.25) is 0 Å². The van der Waals surface area contributed by atoms with Crippen molar-refractivity contribution in [2.24, 2.45) is 5.84 Å². The monoisotopic (exact) mass is 272 g/mol. The molecule has 106 valence electrons. The van der Waals surface area contributed by atoms with Crippen molar-refractivity contribution in [2.45, 2.75) is 26.4 Å². The maximum atomic E-state index is 5.67. The molecule has 0 saturated heterocycles. The molecular weight excluding hydrogens is 252 g/mol. The van der Waals surface area contributed by atoms with E-state index in [0.29, 0.717) is 18.2 Å². The number of nitrogen functional groups attached to an aromatic ring is 1. The Morgan fingerprint density at radius 2 is 1.95 bits per heavy atom. The number of aromatic nitrogens is 2. The second-order valence-corrected chi connectivity index (χ2v) is 4.36. The Morgan fingerprint density at radius 1 is 1.20 bits per heavy atom. The van der Waals surface area contributed by atoms with Gasteiger partial charge in [0.1, 0.15) is 11.9 Å². The van der Waals surface area contributed by atoms with E-state index in [4.69, 9.17) is 10.6 Å². The first-order chi connectivity index (χ1) is 9.78. The predicted molar refractivity (Wildman–Crippen MR) is 79.9 cm³/mol. The number of nitrogens with one attached hydrogen (secondary N) is 1. The highest BCUT2D eigenvalue weighted by Gasteiger charge is 2.15. The number of ether oxygens (including phenoxy) is 1. The summed E-state index contributed by atoms with van der Waals surface area (Å²) in [5, 5.41) is 0. The molecule has 0 amide bonds. The number of hydrogen-bond acceptors (Lipinski definition) is 5. The van der Waals surface area contributed by atoms with Crippen LogP contribution in [-0.2, 0) is 4.74 Å². The van der Waals surface area contributed by atoms with Gasteiger partial charge in [0.25, 0.3) is 0 Å². The number of nitrogens with two attached hydrogens (primary N) is 1. The quantitative estimate of drug-likeness (QED) is 0.625. The van der Waals surface area contributed by atoms with Crippen LogP contribution < -0.4 is 11.3 Å². The summed E-state index contributed by atoms with van der Waals surface area (Å²) >= 11 is 0. The molecule has 0 saturated carbocycles. The smallest absolute Gasteiger partial charge is 0.160 e. The summed E-state index contributed by atoms with van der Waals surface area (Å²) in [6.07, 6.45) is 0.701. The zero-order chi connectivity index (χ0) is 14.4. The summed E-state index contributed by atoms with van der Waals surface area (Å²) < 4.78 is 5.67. The summed E-state index contributed by atoms with van der Waals surface area (Å²) in [6.45, 7) is 4.64. The predicted octanol–water partition coefficient (Wildman–Crippen LogP) is 2.92. The van der Waals surface area contributed by atoms with Crippen molar-refractivity contribution < 1.29 is 4.74 Å². The third-order valence-electron chi connectivity index (χ3n) is 2.99. The van der Waals surface area contributed by atoms with E-state index in [0.717, 1.165) is 17.7 Å². The van der Waals surface area contributed by atoms with Crippen LogP contribution in [0.4, 0.5) is 5.82 Å². The van der Waals surface area contributed by atoms with Crippen LogP contribution in [-0.4, -0.2) is 16.6 Å². The molecule has 0 aliphatic carbocycles. The summed E-state index contributed by atoms with van der Waals surface area (Å²) in [6, 6.07) is 11.8. The van der Waals surface area contributed by atoms with Crippen molar-refractivity contribution in [3.63, 3.8) is 0 Å². The number of benzene rings is 1. The molecule has 1 aromatic heterocycles. The lowest BCUT2D eigenvalue weighted by Gasteiger charge is -2.15.